The maximum atomic E-state index is 14.5. The summed E-state index contributed by atoms with van der Waals surface area (Å²) in [6, 6.07) is 30.2. The first-order valence-corrected chi connectivity index (χ1v) is 16.5. The Hall–Kier alpha value is -6.01. The molecule has 2 heterocycles. The summed E-state index contributed by atoms with van der Waals surface area (Å²) in [6.45, 7) is 7.80. The van der Waals surface area contributed by atoms with Gasteiger partial charge >= 0.3 is 12.4 Å². The average Bonchev–Trinajstić information content (AvgIpc) is 3.57. The normalized spacial score (nSPS) is 12.4. The summed E-state index contributed by atoms with van der Waals surface area (Å²) in [5.41, 5.74) is 4.31. The summed E-state index contributed by atoms with van der Waals surface area (Å²) in [7, 11) is 0. The standard InChI is InChI=1S/C43H29F6N3/c1-23-5-9-35-31(13-23)32-14-24(2)6-10-36(32)51(35)39-17-27(22-50)18-40(41(39)28-19-29(42(44,45)46)21-30(20-28)43(47,48)49)52-37-11-7-25(3)15-33(37)34-16-26(4)8-12-38(34)52/h5-21H,1-4H3. The fourth-order valence-electron chi connectivity index (χ4n) is 7.45. The lowest BCUT2D eigenvalue weighted by molar-refractivity contribution is -0.143. The van der Waals surface area contributed by atoms with Gasteiger partial charge in [0.05, 0.1) is 56.2 Å². The minimum absolute atomic E-state index is 0.107. The fourth-order valence-corrected chi connectivity index (χ4v) is 7.45. The quantitative estimate of drug-likeness (QED) is 0.169. The van der Waals surface area contributed by atoms with Crippen LogP contribution in [0.15, 0.2) is 103 Å². The molecule has 6 aromatic carbocycles. The van der Waals surface area contributed by atoms with Gasteiger partial charge in [0.15, 0.2) is 0 Å². The predicted molar refractivity (Wildman–Crippen MR) is 194 cm³/mol. The van der Waals surface area contributed by atoms with Crippen LogP contribution in [0, 0.1) is 39.0 Å². The number of nitriles is 1. The van der Waals surface area contributed by atoms with Gasteiger partial charge in [-0.25, -0.2) is 0 Å². The van der Waals surface area contributed by atoms with Crippen molar-refractivity contribution in [3.8, 4) is 28.6 Å². The van der Waals surface area contributed by atoms with Gasteiger partial charge in [0.1, 0.15) is 0 Å². The van der Waals surface area contributed by atoms with E-state index < -0.39 is 23.5 Å². The molecule has 0 N–H and O–H groups in total. The Kier molecular flexibility index (Phi) is 7.33. The van der Waals surface area contributed by atoms with Gasteiger partial charge in [0, 0.05) is 27.1 Å². The minimum atomic E-state index is -5.08. The van der Waals surface area contributed by atoms with Gasteiger partial charge in [-0.3, -0.25) is 0 Å². The molecule has 0 unspecified atom stereocenters. The van der Waals surface area contributed by atoms with Crippen LogP contribution in [0.5, 0.6) is 0 Å². The van der Waals surface area contributed by atoms with E-state index in [0.29, 0.717) is 22.1 Å². The van der Waals surface area contributed by atoms with E-state index in [4.69, 9.17) is 0 Å². The zero-order valence-corrected chi connectivity index (χ0v) is 28.4. The van der Waals surface area contributed by atoms with Crippen molar-refractivity contribution in [2.24, 2.45) is 0 Å². The second kappa shape index (κ2) is 11.5. The molecule has 0 bridgehead atoms. The number of nitrogens with zero attached hydrogens (tertiary/aromatic N) is 3. The van der Waals surface area contributed by atoms with E-state index in [1.807, 2.05) is 110 Å². The molecule has 0 spiro atoms. The van der Waals surface area contributed by atoms with Crippen molar-refractivity contribution in [2.45, 2.75) is 40.0 Å². The first kappa shape index (κ1) is 33.2. The molecular formula is C43H29F6N3. The van der Waals surface area contributed by atoms with E-state index in [2.05, 4.69) is 6.07 Å². The Balaban J connectivity index is 1.63. The van der Waals surface area contributed by atoms with E-state index in [-0.39, 0.29) is 34.1 Å². The molecular weight excluding hydrogens is 672 g/mol. The summed E-state index contributed by atoms with van der Waals surface area (Å²) in [4.78, 5) is 0. The predicted octanol–water partition coefficient (Wildman–Crippen LogP) is 12.7. The molecule has 0 atom stereocenters. The number of halogens is 6. The zero-order valence-electron chi connectivity index (χ0n) is 28.4. The van der Waals surface area contributed by atoms with Crippen LogP contribution in [0.3, 0.4) is 0 Å². The van der Waals surface area contributed by atoms with Crippen LogP contribution in [-0.2, 0) is 12.4 Å². The number of hydrogen-bond acceptors (Lipinski definition) is 1. The van der Waals surface area contributed by atoms with Gasteiger partial charge in [0.2, 0.25) is 0 Å². The third kappa shape index (κ3) is 5.29. The number of aryl methyl sites for hydroxylation is 4. The molecule has 0 fully saturated rings. The molecule has 0 saturated carbocycles. The van der Waals surface area contributed by atoms with Gasteiger partial charge in [-0.1, -0.05) is 46.5 Å². The molecule has 0 saturated heterocycles. The summed E-state index contributed by atoms with van der Waals surface area (Å²) >= 11 is 0. The molecule has 0 aliphatic rings. The maximum Gasteiger partial charge on any atom is 0.416 e. The largest absolute Gasteiger partial charge is 0.416 e. The number of hydrogen-bond donors (Lipinski definition) is 0. The van der Waals surface area contributed by atoms with E-state index in [9.17, 15) is 31.6 Å². The molecule has 0 amide bonds. The van der Waals surface area contributed by atoms with Gasteiger partial charge in [0.25, 0.3) is 0 Å². The van der Waals surface area contributed by atoms with E-state index in [1.165, 1.54) is 0 Å². The Labute approximate surface area is 294 Å². The Morgan fingerprint density at radius 3 is 1.08 bits per heavy atom. The van der Waals surface area contributed by atoms with E-state index >= 15 is 0 Å². The van der Waals surface area contributed by atoms with Crippen molar-refractivity contribution in [3.05, 3.63) is 142 Å². The SMILES string of the molecule is Cc1ccc2c(c1)c1cc(C)ccc1n2-c1cc(C#N)cc(-n2c3ccc(C)cc3c3cc(C)ccc32)c1-c1cc(C(F)(F)F)cc(C(F)(F)F)c1. The first-order valence-electron chi connectivity index (χ1n) is 16.5. The minimum Gasteiger partial charge on any atom is -0.308 e. The second-order valence-corrected chi connectivity index (χ2v) is 13.5. The number of rotatable bonds is 3. The van der Waals surface area contributed by atoms with Crippen molar-refractivity contribution >= 4 is 43.6 Å². The van der Waals surface area contributed by atoms with Crippen LogP contribution < -0.4 is 0 Å². The Morgan fingerprint density at radius 2 is 0.788 bits per heavy atom. The zero-order chi connectivity index (χ0) is 36.9. The molecule has 0 aliphatic heterocycles. The number of benzene rings is 6. The van der Waals surface area contributed by atoms with Crippen molar-refractivity contribution in [3.63, 3.8) is 0 Å². The van der Waals surface area contributed by atoms with Crippen LogP contribution in [0.4, 0.5) is 26.3 Å². The summed E-state index contributed by atoms with van der Waals surface area (Å²) in [6.07, 6.45) is -10.2. The topological polar surface area (TPSA) is 33.6 Å². The number of alkyl halides is 6. The third-order valence-electron chi connectivity index (χ3n) is 9.74. The fraction of sp³-hybridized carbons (Fsp3) is 0.140. The van der Waals surface area contributed by atoms with Crippen LogP contribution >= 0.6 is 0 Å². The molecule has 8 rings (SSSR count). The van der Waals surface area contributed by atoms with Crippen molar-refractivity contribution in [1.29, 1.82) is 5.26 Å². The lowest BCUT2D eigenvalue weighted by atomic mass is 9.94. The summed E-state index contributed by atoms with van der Waals surface area (Å²) in [5, 5.41) is 13.9. The maximum absolute atomic E-state index is 14.5. The van der Waals surface area contributed by atoms with Gasteiger partial charge in [-0.15, -0.1) is 0 Å². The Bertz CT molecular complexity index is 2530. The highest BCUT2D eigenvalue weighted by molar-refractivity contribution is 6.12. The van der Waals surface area contributed by atoms with Crippen LogP contribution in [0.2, 0.25) is 0 Å². The lowest BCUT2D eigenvalue weighted by Crippen LogP contribution is -2.12. The van der Waals surface area contributed by atoms with Crippen LogP contribution in [0.25, 0.3) is 66.1 Å². The van der Waals surface area contributed by atoms with Crippen LogP contribution in [0.1, 0.15) is 38.9 Å². The lowest BCUT2D eigenvalue weighted by Gasteiger charge is -2.22. The van der Waals surface area contributed by atoms with Gasteiger partial charge < -0.3 is 9.13 Å². The van der Waals surface area contributed by atoms with E-state index in [0.717, 1.165) is 55.9 Å². The van der Waals surface area contributed by atoms with Gasteiger partial charge in [-0.05, 0) is 112 Å². The molecule has 3 nitrogen and oxygen atoms in total. The summed E-state index contributed by atoms with van der Waals surface area (Å²) < 4.78 is 90.6. The van der Waals surface area contributed by atoms with Crippen LogP contribution in [-0.4, -0.2) is 9.13 Å². The van der Waals surface area contributed by atoms with Gasteiger partial charge in [-0.2, -0.15) is 31.6 Å². The van der Waals surface area contributed by atoms with Crippen molar-refractivity contribution in [2.75, 3.05) is 0 Å². The highest BCUT2D eigenvalue weighted by atomic mass is 19.4. The average molecular weight is 702 g/mol. The highest BCUT2D eigenvalue weighted by Gasteiger charge is 2.38. The molecule has 0 radical (unpaired) electrons. The molecule has 0 aliphatic carbocycles. The van der Waals surface area contributed by atoms with Crippen molar-refractivity contribution < 1.29 is 26.3 Å². The number of fused-ring (bicyclic) bond motifs is 6. The molecule has 9 heteroatoms. The van der Waals surface area contributed by atoms with Crippen molar-refractivity contribution in [1.82, 2.24) is 9.13 Å². The molecule has 2 aromatic heterocycles. The van der Waals surface area contributed by atoms with E-state index in [1.54, 1.807) is 12.1 Å². The smallest absolute Gasteiger partial charge is 0.308 e. The second-order valence-electron chi connectivity index (χ2n) is 13.5. The third-order valence-corrected chi connectivity index (χ3v) is 9.74. The summed E-state index contributed by atoms with van der Waals surface area (Å²) in [5.74, 6) is 0. The Morgan fingerprint density at radius 1 is 0.462 bits per heavy atom. The highest BCUT2D eigenvalue weighted by Crippen LogP contribution is 2.46. The molecule has 8 aromatic rings. The number of aromatic nitrogens is 2. The molecule has 258 valence electrons. The monoisotopic (exact) mass is 701 g/mol. The molecule has 52 heavy (non-hydrogen) atoms. The first-order chi connectivity index (χ1) is 24.6.